The second-order valence-electron chi connectivity index (χ2n) is 14.2. The fraction of sp³-hybridized carbons (Fsp3) is 0.174. The van der Waals surface area contributed by atoms with Crippen LogP contribution in [0.25, 0.3) is 11.1 Å². The number of fused-ring (bicyclic) bond motifs is 4. The van der Waals surface area contributed by atoms with Crippen LogP contribution in [0.2, 0.25) is 0 Å². The predicted octanol–water partition coefficient (Wildman–Crippen LogP) is 8.62. The van der Waals surface area contributed by atoms with Gasteiger partial charge in [-0.1, -0.05) is 152 Å². The van der Waals surface area contributed by atoms with Gasteiger partial charge in [-0.3, -0.25) is 0 Å². The van der Waals surface area contributed by atoms with E-state index in [4.69, 9.17) is 14.7 Å². The summed E-state index contributed by atoms with van der Waals surface area (Å²) >= 11 is 0. The van der Waals surface area contributed by atoms with E-state index < -0.39 is 0 Å². The fourth-order valence-corrected chi connectivity index (χ4v) is 8.55. The van der Waals surface area contributed by atoms with Crippen molar-refractivity contribution < 1.29 is 4.74 Å². The minimum Gasteiger partial charge on any atom is -0.472 e. The molecule has 1 fully saturated rings. The molecule has 7 unspecified atom stereocenters. The summed E-state index contributed by atoms with van der Waals surface area (Å²) in [7, 11) is 0. The second kappa shape index (κ2) is 12.9. The molecular formula is C46H39N5O. The van der Waals surface area contributed by atoms with Crippen LogP contribution in [0.15, 0.2) is 191 Å². The number of benzene rings is 4. The van der Waals surface area contributed by atoms with Crippen LogP contribution >= 0.6 is 0 Å². The Hall–Kier alpha value is -6.14. The number of nitrogens with one attached hydrogen (secondary N) is 2. The maximum absolute atomic E-state index is 6.81. The Morgan fingerprint density at radius 1 is 0.654 bits per heavy atom. The van der Waals surface area contributed by atoms with Crippen molar-refractivity contribution in [3.8, 4) is 11.1 Å². The fourth-order valence-electron chi connectivity index (χ4n) is 8.55. The molecule has 0 saturated carbocycles. The number of nitrogens with zero attached hydrogens (tertiary/aromatic N) is 3. The molecule has 0 bridgehead atoms. The van der Waals surface area contributed by atoms with Crippen molar-refractivity contribution in [2.24, 2.45) is 27.7 Å². The Morgan fingerprint density at radius 3 is 2.23 bits per heavy atom. The van der Waals surface area contributed by atoms with Crippen LogP contribution in [-0.4, -0.2) is 30.0 Å². The Kier molecular flexibility index (Phi) is 7.59. The van der Waals surface area contributed by atoms with Crippen LogP contribution in [0.4, 0.5) is 5.69 Å². The molecule has 52 heavy (non-hydrogen) atoms. The first-order chi connectivity index (χ1) is 25.8. The highest BCUT2D eigenvalue weighted by atomic mass is 16.5. The van der Waals surface area contributed by atoms with E-state index in [-0.39, 0.29) is 36.3 Å². The van der Waals surface area contributed by atoms with Crippen molar-refractivity contribution in [3.63, 3.8) is 0 Å². The standard InChI is InChI=1S/C46H39N5O/c1-4-13-30(14-5-1)31-23-25-33(26-24-31)44-48-43(32-15-6-2-7-16-32)49-45(50-44)35-19-12-20-36(29-35)51-39-22-11-10-21-37(39)41-40(51)28-27-38-42(41)52-46(47-38)34-17-8-3-9-18-34/h1-17,19-29,34,37,39-41,43,46-47H,18H2,(H,48,49,50). The van der Waals surface area contributed by atoms with Gasteiger partial charge < -0.3 is 20.3 Å². The second-order valence-corrected chi connectivity index (χ2v) is 14.2. The molecule has 0 aromatic heterocycles. The first kappa shape index (κ1) is 30.7. The molecule has 7 atom stereocenters. The Morgan fingerprint density at radius 2 is 1.40 bits per heavy atom. The monoisotopic (exact) mass is 677 g/mol. The molecule has 6 heteroatoms. The van der Waals surface area contributed by atoms with Gasteiger partial charge >= 0.3 is 0 Å². The summed E-state index contributed by atoms with van der Waals surface area (Å²) in [6.07, 6.45) is 23.1. The molecule has 6 nitrogen and oxygen atoms in total. The van der Waals surface area contributed by atoms with Crippen LogP contribution in [0, 0.1) is 17.8 Å². The molecule has 2 N–H and O–H groups in total. The highest BCUT2D eigenvalue weighted by Crippen LogP contribution is 2.50. The predicted molar refractivity (Wildman–Crippen MR) is 210 cm³/mol. The third-order valence-corrected chi connectivity index (χ3v) is 11.1. The Labute approximate surface area is 304 Å². The van der Waals surface area contributed by atoms with Crippen molar-refractivity contribution in [2.75, 3.05) is 4.90 Å². The average molecular weight is 678 g/mol. The van der Waals surface area contributed by atoms with Gasteiger partial charge in [0.2, 0.25) is 0 Å². The van der Waals surface area contributed by atoms with Gasteiger partial charge in [0.25, 0.3) is 0 Å². The zero-order valence-corrected chi connectivity index (χ0v) is 28.7. The van der Waals surface area contributed by atoms with E-state index in [2.05, 4.69) is 173 Å². The van der Waals surface area contributed by atoms with Gasteiger partial charge in [-0.25, -0.2) is 9.98 Å². The minimum absolute atomic E-state index is 0.0503. The molecule has 0 radical (unpaired) electrons. The average Bonchev–Trinajstić information content (AvgIpc) is 3.82. The molecule has 10 rings (SSSR count). The summed E-state index contributed by atoms with van der Waals surface area (Å²) in [5.74, 6) is 3.43. The van der Waals surface area contributed by atoms with E-state index in [9.17, 15) is 0 Å². The number of aliphatic imine (C=N–C) groups is 2. The van der Waals surface area contributed by atoms with Crippen LogP contribution in [0.3, 0.4) is 0 Å². The molecule has 1 saturated heterocycles. The van der Waals surface area contributed by atoms with Gasteiger partial charge in [-0.15, -0.1) is 0 Å². The van der Waals surface area contributed by atoms with Gasteiger partial charge in [0, 0.05) is 28.7 Å². The smallest absolute Gasteiger partial charge is 0.176 e. The molecule has 3 aliphatic carbocycles. The van der Waals surface area contributed by atoms with E-state index >= 15 is 0 Å². The van der Waals surface area contributed by atoms with Gasteiger partial charge in [0.1, 0.15) is 17.8 Å². The summed E-state index contributed by atoms with van der Waals surface area (Å²) in [4.78, 5) is 13.0. The maximum Gasteiger partial charge on any atom is 0.176 e. The lowest BCUT2D eigenvalue weighted by molar-refractivity contribution is 0.0699. The normalized spacial score (nSPS) is 27.9. The maximum atomic E-state index is 6.81. The van der Waals surface area contributed by atoms with Crippen LogP contribution in [0.5, 0.6) is 0 Å². The molecule has 254 valence electrons. The molecule has 4 aromatic rings. The summed E-state index contributed by atoms with van der Waals surface area (Å²) in [5, 5.41) is 7.34. The first-order valence-corrected chi connectivity index (χ1v) is 18.3. The number of rotatable bonds is 6. The molecule has 6 aliphatic rings. The van der Waals surface area contributed by atoms with E-state index in [1.54, 1.807) is 0 Å². The van der Waals surface area contributed by atoms with E-state index in [1.165, 1.54) is 11.1 Å². The third kappa shape index (κ3) is 5.43. The zero-order chi connectivity index (χ0) is 34.4. The number of anilines is 1. The highest BCUT2D eigenvalue weighted by Gasteiger charge is 2.52. The molecule has 4 aromatic carbocycles. The SMILES string of the molecule is C1=CCC(C2NC3=C(O2)C2C4C=CC=CC4N(c4cccc(C5=NC(c6ccccc6)NC(c6ccc(-c7ccccc7)cc6)=N5)c4)C2C=C3)C=C1. The summed E-state index contributed by atoms with van der Waals surface area (Å²) in [6, 6.07) is 38.6. The van der Waals surface area contributed by atoms with Gasteiger partial charge in [-0.05, 0) is 41.3 Å². The van der Waals surface area contributed by atoms with Crippen molar-refractivity contribution >= 4 is 17.4 Å². The van der Waals surface area contributed by atoms with Crippen molar-refractivity contribution in [2.45, 2.75) is 30.9 Å². The van der Waals surface area contributed by atoms with Gasteiger partial charge in [-0.2, -0.15) is 0 Å². The van der Waals surface area contributed by atoms with E-state index in [1.807, 2.05) is 12.1 Å². The van der Waals surface area contributed by atoms with Crippen LogP contribution < -0.4 is 15.5 Å². The van der Waals surface area contributed by atoms with Gasteiger partial charge in [0.05, 0.1) is 23.7 Å². The van der Waals surface area contributed by atoms with E-state index in [0.717, 1.165) is 46.1 Å². The molecular weight excluding hydrogens is 639 g/mol. The Balaban J connectivity index is 0.987. The van der Waals surface area contributed by atoms with Crippen molar-refractivity contribution in [1.82, 2.24) is 10.6 Å². The summed E-state index contributed by atoms with van der Waals surface area (Å²) in [5.41, 5.74) is 7.75. The highest BCUT2D eigenvalue weighted by molar-refractivity contribution is 6.13. The van der Waals surface area contributed by atoms with Crippen molar-refractivity contribution in [3.05, 3.63) is 198 Å². The first-order valence-electron chi connectivity index (χ1n) is 18.3. The van der Waals surface area contributed by atoms with Gasteiger partial charge in [0.15, 0.2) is 12.1 Å². The molecule has 0 amide bonds. The molecule has 3 heterocycles. The number of hydrogen-bond donors (Lipinski definition) is 2. The number of allylic oxidation sites excluding steroid dienone is 6. The lowest BCUT2D eigenvalue weighted by Crippen LogP contribution is -2.37. The summed E-state index contributed by atoms with van der Waals surface area (Å²) < 4.78 is 6.81. The number of ether oxygens (including phenoxy) is 1. The quantitative estimate of drug-likeness (QED) is 0.215. The van der Waals surface area contributed by atoms with Crippen molar-refractivity contribution in [1.29, 1.82) is 0 Å². The largest absolute Gasteiger partial charge is 0.472 e. The minimum atomic E-state index is -0.269. The van der Waals surface area contributed by atoms with E-state index in [0.29, 0.717) is 11.8 Å². The zero-order valence-electron chi connectivity index (χ0n) is 28.7. The van der Waals surface area contributed by atoms with Crippen LogP contribution in [-0.2, 0) is 4.74 Å². The number of hydrogen-bond acceptors (Lipinski definition) is 6. The third-order valence-electron chi connectivity index (χ3n) is 11.1. The topological polar surface area (TPSA) is 61.2 Å². The molecule has 0 spiro atoms. The lowest BCUT2D eigenvalue weighted by atomic mass is 9.81. The number of amidine groups is 2. The summed E-state index contributed by atoms with van der Waals surface area (Å²) in [6.45, 7) is 0. The van der Waals surface area contributed by atoms with Crippen LogP contribution in [0.1, 0.15) is 29.3 Å². The lowest BCUT2D eigenvalue weighted by Gasteiger charge is -2.33. The Bertz CT molecular complexity index is 2240. The molecule has 3 aliphatic heterocycles.